The molecule has 0 spiro atoms. The zero-order valence-corrected chi connectivity index (χ0v) is 7.88. The maximum absolute atomic E-state index is 13.0. The Bertz CT molecular complexity index is 476. The third-order valence-electron chi connectivity index (χ3n) is 1.63. The Labute approximate surface area is 87.0 Å². The van der Waals surface area contributed by atoms with E-state index in [2.05, 4.69) is 0 Å². The summed E-state index contributed by atoms with van der Waals surface area (Å²) in [5.74, 6) is -6.30. The largest absolute Gasteiger partial charge is 0.331 e. The second-order valence-electron chi connectivity index (χ2n) is 2.82. The standard InChI is InChI=1S/C8H5F3N2O3/c1-3(14)12-5-2-4(9)6(10)7(11)8(5)13(15)16/h2H,1H3,(H,12,14). The minimum absolute atomic E-state index is 0.345. The van der Waals surface area contributed by atoms with E-state index in [9.17, 15) is 28.1 Å². The van der Waals surface area contributed by atoms with Crippen LogP contribution in [0.2, 0.25) is 0 Å². The van der Waals surface area contributed by atoms with Crippen molar-refractivity contribution < 1.29 is 22.9 Å². The third-order valence-corrected chi connectivity index (χ3v) is 1.63. The highest BCUT2D eigenvalue weighted by molar-refractivity contribution is 5.91. The third kappa shape index (κ3) is 2.10. The number of nitrogens with one attached hydrogen (secondary N) is 1. The van der Waals surface area contributed by atoms with Crippen LogP contribution in [0.25, 0.3) is 0 Å². The van der Waals surface area contributed by atoms with E-state index in [-0.39, 0.29) is 0 Å². The van der Waals surface area contributed by atoms with Gasteiger partial charge in [-0.15, -0.1) is 0 Å². The number of amides is 1. The molecule has 16 heavy (non-hydrogen) atoms. The number of benzene rings is 1. The molecule has 0 heterocycles. The fourth-order valence-electron chi connectivity index (χ4n) is 1.05. The van der Waals surface area contributed by atoms with Crippen LogP contribution >= 0.6 is 0 Å². The van der Waals surface area contributed by atoms with E-state index in [4.69, 9.17) is 0 Å². The number of anilines is 1. The highest BCUT2D eigenvalue weighted by Gasteiger charge is 2.27. The monoisotopic (exact) mass is 234 g/mol. The average molecular weight is 234 g/mol. The van der Waals surface area contributed by atoms with Crippen molar-refractivity contribution in [3.05, 3.63) is 33.6 Å². The Morgan fingerprint density at radius 1 is 1.38 bits per heavy atom. The Morgan fingerprint density at radius 3 is 2.38 bits per heavy atom. The van der Waals surface area contributed by atoms with Crippen LogP contribution in [0.5, 0.6) is 0 Å². The van der Waals surface area contributed by atoms with Crippen molar-refractivity contribution in [1.29, 1.82) is 0 Å². The fourth-order valence-corrected chi connectivity index (χ4v) is 1.05. The summed E-state index contributed by atoms with van der Waals surface area (Å²) in [4.78, 5) is 19.8. The molecule has 5 nitrogen and oxygen atoms in total. The summed E-state index contributed by atoms with van der Waals surface area (Å²) in [5.41, 5.74) is -2.04. The number of halogens is 3. The molecule has 1 N–H and O–H groups in total. The van der Waals surface area contributed by atoms with Gasteiger partial charge in [0.25, 0.3) is 0 Å². The van der Waals surface area contributed by atoms with E-state index in [0.29, 0.717) is 6.07 Å². The van der Waals surface area contributed by atoms with Gasteiger partial charge in [-0.3, -0.25) is 14.9 Å². The maximum Gasteiger partial charge on any atom is 0.331 e. The normalized spacial score (nSPS) is 10.0. The molecule has 86 valence electrons. The molecule has 1 aromatic rings. The molecule has 0 saturated carbocycles. The molecular formula is C8H5F3N2O3. The lowest BCUT2D eigenvalue weighted by Gasteiger charge is -2.05. The van der Waals surface area contributed by atoms with Crippen molar-refractivity contribution in [3.63, 3.8) is 0 Å². The molecule has 0 atom stereocenters. The van der Waals surface area contributed by atoms with Crippen LogP contribution < -0.4 is 5.32 Å². The SMILES string of the molecule is CC(=O)Nc1cc(F)c(F)c(F)c1[N+](=O)[O-]. The first kappa shape index (κ1) is 12.0. The molecule has 0 radical (unpaired) electrons. The summed E-state index contributed by atoms with van der Waals surface area (Å²) in [6.45, 7) is 0.989. The van der Waals surface area contributed by atoms with Gasteiger partial charge >= 0.3 is 5.69 Å². The smallest absolute Gasteiger partial charge is 0.320 e. The van der Waals surface area contributed by atoms with Crippen molar-refractivity contribution in [2.75, 3.05) is 5.32 Å². The molecule has 0 unspecified atom stereocenters. The summed E-state index contributed by atoms with van der Waals surface area (Å²) in [6.07, 6.45) is 0. The van der Waals surface area contributed by atoms with Gasteiger partial charge in [-0.1, -0.05) is 0 Å². The molecule has 0 aliphatic rings. The molecule has 1 rings (SSSR count). The average Bonchev–Trinajstić information content (AvgIpc) is 2.12. The lowest BCUT2D eigenvalue weighted by Crippen LogP contribution is -2.11. The van der Waals surface area contributed by atoms with E-state index in [1.54, 1.807) is 0 Å². The van der Waals surface area contributed by atoms with Crippen LogP contribution in [0, 0.1) is 27.6 Å². The Kier molecular flexibility index (Phi) is 3.11. The van der Waals surface area contributed by atoms with Crippen molar-refractivity contribution in [2.24, 2.45) is 0 Å². The van der Waals surface area contributed by atoms with Crippen LogP contribution in [-0.2, 0) is 4.79 Å². The van der Waals surface area contributed by atoms with E-state index >= 15 is 0 Å². The fraction of sp³-hybridized carbons (Fsp3) is 0.125. The minimum atomic E-state index is -1.96. The number of hydrogen-bond donors (Lipinski definition) is 1. The number of hydrogen-bond acceptors (Lipinski definition) is 3. The number of carbonyl (C=O) groups is 1. The van der Waals surface area contributed by atoms with Crippen LogP contribution in [0.1, 0.15) is 6.92 Å². The van der Waals surface area contributed by atoms with Gasteiger partial charge in [0.15, 0.2) is 5.82 Å². The zero-order valence-electron chi connectivity index (χ0n) is 7.88. The Morgan fingerprint density at radius 2 is 1.94 bits per heavy atom. The topological polar surface area (TPSA) is 72.2 Å². The first-order valence-electron chi connectivity index (χ1n) is 3.94. The van der Waals surface area contributed by atoms with Gasteiger partial charge in [0, 0.05) is 13.0 Å². The van der Waals surface area contributed by atoms with Crippen LogP contribution in [0.15, 0.2) is 6.07 Å². The zero-order chi connectivity index (χ0) is 12.5. The quantitative estimate of drug-likeness (QED) is 0.483. The van der Waals surface area contributed by atoms with Gasteiger partial charge in [-0.2, -0.15) is 4.39 Å². The first-order valence-corrected chi connectivity index (χ1v) is 3.94. The summed E-state index contributed by atoms with van der Waals surface area (Å²) in [6, 6.07) is 0.345. The van der Waals surface area contributed by atoms with Crippen molar-refractivity contribution in [3.8, 4) is 0 Å². The number of nitro groups is 1. The molecule has 8 heteroatoms. The van der Waals surface area contributed by atoms with Gasteiger partial charge in [0.2, 0.25) is 17.5 Å². The van der Waals surface area contributed by atoms with Gasteiger partial charge < -0.3 is 5.32 Å². The lowest BCUT2D eigenvalue weighted by atomic mass is 10.2. The molecule has 0 aromatic heterocycles. The first-order chi connectivity index (χ1) is 7.34. The number of rotatable bonds is 2. The molecule has 0 saturated heterocycles. The highest BCUT2D eigenvalue weighted by atomic mass is 19.2. The predicted molar refractivity (Wildman–Crippen MR) is 47.3 cm³/mol. The molecular weight excluding hydrogens is 229 g/mol. The molecule has 1 aromatic carbocycles. The van der Waals surface area contributed by atoms with E-state index in [1.807, 2.05) is 5.32 Å². The van der Waals surface area contributed by atoms with Gasteiger partial charge in [0.1, 0.15) is 5.69 Å². The molecule has 0 aliphatic carbocycles. The maximum atomic E-state index is 13.0. The second kappa shape index (κ2) is 4.17. The summed E-state index contributed by atoms with van der Waals surface area (Å²) in [7, 11) is 0. The molecule has 1 amide bonds. The summed E-state index contributed by atoms with van der Waals surface area (Å²) < 4.78 is 38.5. The highest BCUT2D eigenvalue weighted by Crippen LogP contribution is 2.31. The summed E-state index contributed by atoms with van der Waals surface area (Å²) >= 11 is 0. The van der Waals surface area contributed by atoms with E-state index < -0.39 is 39.7 Å². The summed E-state index contributed by atoms with van der Waals surface area (Å²) in [5, 5.41) is 12.2. The lowest BCUT2D eigenvalue weighted by molar-refractivity contribution is -0.386. The van der Waals surface area contributed by atoms with Crippen LogP contribution in [0.3, 0.4) is 0 Å². The van der Waals surface area contributed by atoms with Gasteiger partial charge in [-0.05, 0) is 0 Å². The Balaban J connectivity index is 3.46. The van der Waals surface area contributed by atoms with Crippen molar-refractivity contribution >= 4 is 17.3 Å². The van der Waals surface area contributed by atoms with Crippen molar-refractivity contribution in [2.45, 2.75) is 6.92 Å². The van der Waals surface area contributed by atoms with E-state index in [1.165, 1.54) is 0 Å². The molecule has 0 fully saturated rings. The number of nitro benzene ring substituents is 1. The van der Waals surface area contributed by atoms with Crippen LogP contribution in [0.4, 0.5) is 24.5 Å². The van der Waals surface area contributed by atoms with E-state index in [0.717, 1.165) is 6.92 Å². The number of carbonyl (C=O) groups excluding carboxylic acids is 1. The Hall–Kier alpha value is -2.12. The number of nitrogens with zero attached hydrogens (tertiary/aromatic N) is 1. The molecule has 0 aliphatic heterocycles. The van der Waals surface area contributed by atoms with Crippen molar-refractivity contribution in [1.82, 2.24) is 0 Å². The minimum Gasteiger partial charge on any atom is -0.320 e. The van der Waals surface area contributed by atoms with Gasteiger partial charge in [0.05, 0.1) is 4.92 Å². The van der Waals surface area contributed by atoms with Crippen LogP contribution in [-0.4, -0.2) is 10.8 Å². The van der Waals surface area contributed by atoms with Gasteiger partial charge in [-0.25, -0.2) is 8.78 Å². The second-order valence-corrected chi connectivity index (χ2v) is 2.82. The molecule has 0 bridgehead atoms. The predicted octanol–water partition coefficient (Wildman–Crippen LogP) is 1.97.